The summed E-state index contributed by atoms with van der Waals surface area (Å²) in [6, 6.07) is 11.2. The van der Waals surface area contributed by atoms with Gasteiger partial charge in [-0.2, -0.15) is 4.98 Å². The Bertz CT molecular complexity index is 933. The van der Waals surface area contributed by atoms with E-state index in [0.29, 0.717) is 43.6 Å². The smallest absolute Gasteiger partial charge is 0.254 e. The molecule has 0 N–H and O–H groups in total. The number of carbonyl (C=O) groups excluding carboxylic acids is 1. The predicted molar refractivity (Wildman–Crippen MR) is 98.4 cm³/mol. The first-order valence-corrected chi connectivity index (χ1v) is 8.51. The SMILES string of the molecule is COc1ccnc(N2CCN(C(=O)c3cccc4ncccc34)CC2)n1. The molecule has 1 aliphatic rings. The van der Waals surface area contributed by atoms with Gasteiger partial charge in [0, 0.05) is 55.6 Å². The van der Waals surface area contributed by atoms with E-state index in [0.717, 1.165) is 10.9 Å². The molecule has 0 atom stereocenters. The average molecular weight is 349 g/mol. The van der Waals surface area contributed by atoms with Gasteiger partial charge in [0.15, 0.2) is 0 Å². The fraction of sp³-hybridized carbons (Fsp3) is 0.263. The van der Waals surface area contributed by atoms with Gasteiger partial charge in [-0.1, -0.05) is 12.1 Å². The monoisotopic (exact) mass is 349 g/mol. The maximum Gasteiger partial charge on any atom is 0.254 e. The van der Waals surface area contributed by atoms with Crippen molar-refractivity contribution in [3.05, 3.63) is 54.4 Å². The van der Waals surface area contributed by atoms with Crippen LogP contribution in [0.25, 0.3) is 10.9 Å². The molecule has 0 bridgehead atoms. The number of benzene rings is 1. The second kappa shape index (κ2) is 6.95. The van der Waals surface area contributed by atoms with Crippen LogP contribution in [0.1, 0.15) is 10.4 Å². The van der Waals surface area contributed by atoms with Crippen molar-refractivity contribution in [2.24, 2.45) is 0 Å². The van der Waals surface area contributed by atoms with Crippen LogP contribution in [0.15, 0.2) is 48.8 Å². The van der Waals surface area contributed by atoms with Crippen molar-refractivity contribution in [2.75, 3.05) is 38.2 Å². The lowest BCUT2D eigenvalue weighted by Crippen LogP contribution is -2.49. The highest BCUT2D eigenvalue weighted by Crippen LogP contribution is 2.20. The summed E-state index contributed by atoms with van der Waals surface area (Å²) in [6.07, 6.45) is 3.42. The zero-order chi connectivity index (χ0) is 17.9. The molecule has 26 heavy (non-hydrogen) atoms. The molecule has 3 heterocycles. The van der Waals surface area contributed by atoms with Gasteiger partial charge < -0.3 is 14.5 Å². The van der Waals surface area contributed by atoms with Crippen LogP contribution in [0.3, 0.4) is 0 Å². The van der Waals surface area contributed by atoms with Crippen molar-refractivity contribution in [3.63, 3.8) is 0 Å². The number of carbonyl (C=O) groups is 1. The first-order valence-electron chi connectivity index (χ1n) is 8.51. The number of anilines is 1. The lowest BCUT2D eigenvalue weighted by Gasteiger charge is -2.34. The molecule has 0 radical (unpaired) electrons. The number of aromatic nitrogens is 3. The average Bonchev–Trinajstić information content (AvgIpc) is 2.73. The molecule has 0 aliphatic carbocycles. The number of hydrogen-bond donors (Lipinski definition) is 0. The molecule has 0 unspecified atom stereocenters. The number of pyridine rings is 1. The maximum absolute atomic E-state index is 13.0. The summed E-state index contributed by atoms with van der Waals surface area (Å²) >= 11 is 0. The lowest BCUT2D eigenvalue weighted by atomic mass is 10.1. The fourth-order valence-corrected chi connectivity index (χ4v) is 3.17. The minimum atomic E-state index is 0.0369. The molecule has 0 saturated carbocycles. The first-order chi connectivity index (χ1) is 12.8. The van der Waals surface area contributed by atoms with Crippen LogP contribution in [0.5, 0.6) is 5.88 Å². The molecule has 132 valence electrons. The normalized spacial score (nSPS) is 14.5. The maximum atomic E-state index is 13.0. The number of amides is 1. The van der Waals surface area contributed by atoms with Gasteiger partial charge in [-0.05, 0) is 18.2 Å². The van der Waals surface area contributed by atoms with E-state index < -0.39 is 0 Å². The lowest BCUT2D eigenvalue weighted by molar-refractivity contribution is 0.0748. The van der Waals surface area contributed by atoms with E-state index in [2.05, 4.69) is 19.9 Å². The number of fused-ring (bicyclic) bond motifs is 1. The minimum absolute atomic E-state index is 0.0369. The number of methoxy groups -OCH3 is 1. The Kier molecular flexibility index (Phi) is 4.35. The standard InChI is InChI=1S/C19H19N5O2/c1-26-17-7-9-21-19(22-17)24-12-10-23(11-13-24)18(25)15-4-2-6-16-14(15)5-3-8-20-16/h2-9H,10-13H2,1H3. The van der Waals surface area contributed by atoms with Gasteiger partial charge in [-0.15, -0.1) is 0 Å². The quantitative estimate of drug-likeness (QED) is 0.720. The van der Waals surface area contributed by atoms with Crippen LogP contribution >= 0.6 is 0 Å². The van der Waals surface area contributed by atoms with E-state index in [4.69, 9.17) is 4.74 Å². The van der Waals surface area contributed by atoms with Gasteiger partial charge >= 0.3 is 0 Å². The molecule has 1 saturated heterocycles. The molecule has 1 fully saturated rings. The van der Waals surface area contributed by atoms with E-state index in [1.165, 1.54) is 0 Å². The molecule has 1 amide bonds. The molecule has 7 heteroatoms. The highest BCUT2D eigenvalue weighted by molar-refractivity contribution is 6.06. The largest absolute Gasteiger partial charge is 0.481 e. The summed E-state index contributed by atoms with van der Waals surface area (Å²) < 4.78 is 5.16. The van der Waals surface area contributed by atoms with Crippen molar-refractivity contribution in [2.45, 2.75) is 0 Å². The zero-order valence-electron chi connectivity index (χ0n) is 14.5. The molecule has 1 aliphatic heterocycles. The summed E-state index contributed by atoms with van der Waals surface area (Å²) in [7, 11) is 1.59. The van der Waals surface area contributed by atoms with Crippen molar-refractivity contribution >= 4 is 22.8 Å². The first kappa shape index (κ1) is 16.3. The number of piperazine rings is 1. The highest BCUT2D eigenvalue weighted by atomic mass is 16.5. The molecule has 1 aromatic carbocycles. The molecular formula is C19H19N5O2. The molecule has 3 aromatic rings. The van der Waals surface area contributed by atoms with Crippen molar-refractivity contribution in [1.82, 2.24) is 19.9 Å². The Labute approximate surface area is 151 Å². The van der Waals surface area contributed by atoms with Crippen LogP contribution in [0.4, 0.5) is 5.95 Å². The summed E-state index contributed by atoms with van der Waals surface area (Å²) in [6.45, 7) is 2.61. The van der Waals surface area contributed by atoms with Gasteiger partial charge in [0.25, 0.3) is 5.91 Å². The van der Waals surface area contributed by atoms with Crippen LogP contribution in [-0.4, -0.2) is 59.0 Å². The van der Waals surface area contributed by atoms with Crippen molar-refractivity contribution < 1.29 is 9.53 Å². The van der Waals surface area contributed by atoms with Crippen LogP contribution in [0.2, 0.25) is 0 Å². The van der Waals surface area contributed by atoms with Gasteiger partial charge in [0.05, 0.1) is 12.6 Å². The fourth-order valence-electron chi connectivity index (χ4n) is 3.17. The predicted octanol–water partition coefficient (Wildman–Crippen LogP) is 2.00. The van der Waals surface area contributed by atoms with Crippen LogP contribution in [0, 0.1) is 0 Å². The third kappa shape index (κ3) is 3.03. The number of ether oxygens (including phenoxy) is 1. The van der Waals surface area contributed by atoms with E-state index in [-0.39, 0.29) is 5.91 Å². The van der Waals surface area contributed by atoms with Gasteiger partial charge in [-0.3, -0.25) is 9.78 Å². The molecule has 4 rings (SSSR count). The highest BCUT2D eigenvalue weighted by Gasteiger charge is 2.24. The third-order valence-electron chi connectivity index (χ3n) is 4.55. The Hall–Kier alpha value is -3.22. The van der Waals surface area contributed by atoms with E-state index >= 15 is 0 Å². The second-order valence-electron chi connectivity index (χ2n) is 6.05. The summed E-state index contributed by atoms with van der Waals surface area (Å²) in [5.41, 5.74) is 1.53. The summed E-state index contributed by atoms with van der Waals surface area (Å²) in [5.74, 6) is 1.21. The minimum Gasteiger partial charge on any atom is -0.481 e. The van der Waals surface area contributed by atoms with Crippen molar-refractivity contribution in [3.8, 4) is 5.88 Å². The molecule has 7 nitrogen and oxygen atoms in total. The Morgan fingerprint density at radius 2 is 1.85 bits per heavy atom. The van der Waals surface area contributed by atoms with E-state index in [9.17, 15) is 4.79 Å². The van der Waals surface area contributed by atoms with Crippen molar-refractivity contribution in [1.29, 1.82) is 0 Å². The summed E-state index contributed by atoms with van der Waals surface area (Å²) in [4.78, 5) is 29.9. The Morgan fingerprint density at radius 3 is 2.65 bits per heavy atom. The summed E-state index contributed by atoms with van der Waals surface area (Å²) in [5, 5.41) is 0.888. The molecule has 2 aromatic heterocycles. The van der Waals surface area contributed by atoms with Crippen LogP contribution < -0.4 is 9.64 Å². The zero-order valence-corrected chi connectivity index (χ0v) is 14.5. The van der Waals surface area contributed by atoms with E-state index in [1.807, 2.05) is 35.2 Å². The van der Waals surface area contributed by atoms with Gasteiger partial charge in [0.1, 0.15) is 0 Å². The Balaban J connectivity index is 1.50. The number of nitrogens with zero attached hydrogens (tertiary/aromatic N) is 5. The molecule has 0 spiro atoms. The third-order valence-corrected chi connectivity index (χ3v) is 4.55. The number of rotatable bonds is 3. The topological polar surface area (TPSA) is 71.5 Å². The van der Waals surface area contributed by atoms with Gasteiger partial charge in [-0.25, -0.2) is 4.98 Å². The second-order valence-corrected chi connectivity index (χ2v) is 6.05. The Morgan fingerprint density at radius 1 is 1.00 bits per heavy atom. The molecular weight excluding hydrogens is 330 g/mol. The van der Waals surface area contributed by atoms with Crippen LogP contribution in [-0.2, 0) is 0 Å². The number of hydrogen-bond acceptors (Lipinski definition) is 6. The van der Waals surface area contributed by atoms with Gasteiger partial charge in [0.2, 0.25) is 11.8 Å². The van der Waals surface area contributed by atoms with E-state index in [1.54, 1.807) is 25.6 Å².